The van der Waals surface area contributed by atoms with Crippen LogP contribution in [-0.4, -0.2) is 10.5 Å². The maximum Gasteiger partial charge on any atom is 0.446 e. The normalized spacial score (nSPS) is 11.6. The number of halogens is 3. The van der Waals surface area contributed by atoms with Crippen LogP contribution in [0.2, 0.25) is 0 Å². The van der Waals surface area contributed by atoms with Crippen molar-refractivity contribution >= 4 is 11.8 Å². The summed E-state index contributed by atoms with van der Waals surface area (Å²) in [6, 6.07) is 12.2. The molecule has 6 heteroatoms. The molecule has 0 bridgehead atoms. The van der Waals surface area contributed by atoms with E-state index in [1.807, 2.05) is 25.1 Å². The van der Waals surface area contributed by atoms with Crippen LogP contribution in [0.3, 0.4) is 0 Å². The standard InChI is InChI=1S/C15H15F3N2S/c1-11-3-2-4-13(20-11)10-19-9-12-5-7-14(8-6-12)21-15(16,17)18/h2-8,19H,9-10H2,1H3. The third kappa shape index (κ3) is 5.77. The van der Waals surface area contributed by atoms with Gasteiger partial charge in [-0.05, 0) is 48.5 Å². The van der Waals surface area contributed by atoms with E-state index < -0.39 is 5.51 Å². The summed E-state index contributed by atoms with van der Waals surface area (Å²) in [5, 5.41) is 3.22. The fraction of sp³-hybridized carbons (Fsp3) is 0.267. The summed E-state index contributed by atoms with van der Waals surface area (Å²) < 4.78 is 36.6. The van der Waals surface area contributed by atoms with Crippen molar-refractivity contribution in [3.8, 4) is 0 Å². The highest BCUT2D eigenvalue weighted by atomic mass is 32.2. The Morgan fingerprint density at radius 1 is 1.05 bits per heavy atom. The van der Waals surface area contributed by atoms with Gasteiger partial charge in [0.2, 0.25) is 0 Å². The molecule has 21 heavy (non-hydrogen) atoms. The van der Waals surface area contributed by atoms with E-state index >= 15 is 0 Å². The first-order valence-electron chi connectivity index (χ1n) is 6.40. The van der Waals surface area contributed by atoms with Crippen molar-refractivity contribution in [2.45, 2.75) is 30.4 Å². The van der Waals surface area contributed by atoms with Crippen LogP contribution >= 0.6 is 11.8 Å². The fourth-order valence-corrected chi connectivity index (χ4v) is 2.38. The second-order valence-electron chi connectivity index (χ2n) is 4.57. The van der Waals surface area contributed by atoms with Crippen LogP contribution in [0.15, 0.2) is 47.4 Å². The summed E-state index contributed by atoms with van der Waals surface area (Å²) in [5.41, 5.74) is -1.40. The highest BCUT2D eigenvalue weighted by Gasteiger charge is 2.28. The minimum atomic E-state index is -4.24. The lowest BCUT2D eigenvalue weighted by Crippen LogP contribution is -2.13. The largest absolute Gasteiger partial charge is 0.446 e. The number of nitrogens with zero attached hydrogens (tertiary/aromatic N) is 1. The van der Waals surface area contributed by atoms with Crippen LogP contribution in [0.5, 0.6) is 0 Å². The lowest BCUT2D eigenvalue weighted by molar-refractivity contribution is -0.0328. The third-order valence-electron chi connectivity index (χ3n) is 2.74. The molecule has 0 unspecified atom stereocenters. The molecule has 0 atom stereocenters. The number of alkyl halides is 3. The Bertz CT molecular complexity index is 582. The number of aromatic nitrogens is 1. The Balaban J connectivity index is 1.84. The number of thioether (sulfide) groups is 1. The molecule has 0 aliphatic rings. The number of hydrogen-bond acceptors (Lipinski definition) is 3. The summed E-state index contributed by atoms with van der Waals surface area (Å²) >= 11 is -0.0987. The van der Waals surface area contributed by atoms with E-state index in [2.05, 4.69) is 10.3 Å². The Morgan fingerprint density at radius 2 is 1.76 bits per heavy atom. The van der Waals surface area contributed by atoms with Gasteiger partial charge in [0.15, 0.2) is 0 Å². The SMILES string of the molecule is Cc1cccc(CNCc2ccc(SC(F)(F)F)cc2)n1. The summed E-state index contributed by atoms with van der Waals surface area (Å²) in [5.74, 6) is 0. The van der Waals surface area contributed by atoms with Gasteiger partial charge in [-0.2, -0.15) is 13.2 Å². The van der Waals surface area contributed by atoms with E-state index in [0.29, 0.717) is 13.1 Å². The van der Waals surface area contributed by atoms with Gasteiger partial charge >= 0.3 is 5.51 Å². The van der Waals surface area contributed by atoms with Gasteiger partial charge < -0.3 is 5.32 Å². The van der Waals surface area contributed by atoms with E-state index in [0.717, 1.165) is 17.0 Å². The monoisotopic (exact) mass is 312 g/mol. The molecule has 1 aromatic heterocycles. The van der Waals surface area contributed by atoms with Crippen molar-refractivity contribution in [1.82, 2.24) is 10.3 Å². The van der Waals surface area contributed by atoms with Gasteiger partial charge in [0.1, 0.15) is 0 Å². The maximum atomic E-state index is 12.2. The molecule has 0 saturated carbocycles. The van der Waals surface area contributed by atoms with E-state index in [-0.39, 0.29) is 16.7 Å². The van der Waals surface area contributed by atoms with Gasteiger partial charge in [-0.1, -0.05) is 18.2 Å². The van der Waals surface area contributed by atoms with Crippen LogP contribution in [0.1, 0.15) is 17.0 Å². The first kappa shape index (κ1) is 15.9. The van der Waals surface area contributed by atoms with Crippen molar-refractivity contribution in [2.75, 3.05) is 0 Å². The number of aryl methyl sites for hydroxylation is 1. The molecule has 2 aromatic rings. The number of nitrogens with one attached hydrogen (secondary N) is 1. The highest BCUT2D eigenvalue weighted by molar-refractivity contribution is 8.00. The Hall–Kier alpha value is -1.53. The summed E-state index contributed by atoms with van der Waals surface area (Å²) in [7, 11) is 0. The molecule has 0 saturated heterocycles. The zero-order valence-electron chi connectivity index (χ0n) is 11.4. The zero-order valence-corrected chi connectivity index (χ0v) is 12.3. The van der Waals surface area contributed by atoms with Crippen molar-refractivity contribution < 1.29 is 13.2 Å². The smallest absolute Gasteiger partial charge is 0.307 e. The van der Waals surface area contributed by atoms with Crippen LogP contribution in [0.4, 0.5) is 13.2 Å². The maximum absolute atomic E-state index is 12.2. The lowest BCUT2D eigenvalue weighted by Gasteiger charge is -2.08. The minimum absolute atomic E-state index is 0.0987. The van der Waals surface area contributed by atoms with Crippen LogP contribution < -0.4 is 5.32 Å². The van der Waals surface area contributed by atoms with Gasteiger partial charge in [0.25, 0.3) is 0 Å². The van der Waals surface area contributed by atoms with Crippen LogP contribution in [-0.2, 0) is 13.1 Å². The highest BCUT2D eigenvalue weighted by Crippen LogP contribution is 2.36. The van der Waals surface area contributed by atoms with Crippen molar-refractivity contribution in [1.29, 1.82) is 0 Å². The molecule has 0 aliphatic carbocycles. The lowest BCUT2D eigenvalue weighted by atomic mass is 10.2. The number of hydrogen-bond donors (Lipinski definition) is 1. The van der Waals surface area contributed by atoms with Crippen molar-refractivity contribution in [3.05, 3.63) is 59.4 Å². The van der Waals surface area contributed by atoms with E-state index in [4.69, 9.17) is 0 Å². The summed E-state index contributed by atoms with van der Waals surface area (Å²) in [6.07, 6.45) is 0. The number of benzene rings is 1. The predicted molar refractivity (Wildman–Crippen MR) is 77.9 cm³/mol. The van der Waals surface area contributed by atoms with E-state index in [9.17, 15) is 13.2 Å². The van der Waals surface area contributed by atoms with Gasteiger partial charge in [0.05, 0.1) is 5.69 Å². The van der Waals surface area contributed by atoms with Crippen molar-refractivity contribution in [3.63, 3.8) is 0 Å². The first-order valence-corrected chi connectivity index (χ1v) is 7.22. The average molecular weight is 312 g/mol. The molecular weight excluding hydrogens is 297 g/mol. The van der Waals surface area contributed by atoms with E-state index in [1.54, 1.807) is 12.1 Å². The molecule has 0 amide bonds. The molecule has 112 valence electrons. The number of pyridine rings is 1. The molecule has 1 N–H and O–H groups in total. The topological polar surface area (TPSA) is 24.9 Å². The van der Waals surface area contributed by atoms with Crippen LogP contribution in [0.25, 0.3) is 0 Å². The molecule has 0 fully saturated rings. The van der Waals surface area contributed by atoms with Gasteiger partial charge in [-0.15, -0.1) is 0 Å². The minimum Gasteiger partial charge on any atom is -0.307 e. The molecule has 0 radical (unpaired) electrons. The molecule has 1 aromatic carbocycles. The van der Waals surface area contributed by atoms with Crippen molar-refractivity contribution in [2.24, 2.45) is 0 Å². The quantitative estimate of drug-likeness (QED) is 0.834. The predicted octanol–water partition coefficient (Wildman–Crippen LogP) is 4.29. The first-order chi connectivity index (χ1) is 9.92. The summed E-state index contributed by atoms with van der Waals surface area (Å²) in [6.45, 7) is 3.15. The van der Waals surface area contributed by atoms with Gasteiger partial charge in [-0.3, -0.25) is 4.98 Å². The molecular formula is C15H15F3N2S. The Morgan fingerprint density at radius 3 is 2.38 bits per heavy atom. The summed E-state index contributed by atoms with van der Waals surface area (Å²) in [4.78, 5) is 4.57. The van der Waals surface area contributed by atoms with Gasteiger partial charge in [-0.25, -0.2) is 0 Å². The van der Waals surface area contributed by atoms with Crippen LogP contribution in [0, 0.1) is 6.92 Å². The third-order valence-corrected chi connectivity index (χ3v) is 3.48. The molecule has 0 spiro atoms. The Labute approximate surface area is 125 Å². The number of rotatable bonds is 5. The van der Waals surface area contributed by atoms with E-state index in [1.165, 1.54) is 12.1 Å². The molecule has 1 heterocycles. The molecule has 2 rings (SSSR count). The fourth-order valence-electron chi connectivity index (χ4n) is 1.84. The zero-order chi connectivity index (χ0) is 15.3. The average Bonchev–Trinajstić information content (AvgIpc) is 2.39. The molecule has 0 aliphatic heterocycles. The Kier molecular flexibility index (Phi) is 5.25. The second-order valence-corrected chi connectivity index (χ2v) is 5.70. The second kappa shape index (κ2) is 6.95. The van der Waals surface area contributed by atoms with Gasteiger partial charge in [0, 0.05) is 23.7 Å². The molecule has 2 nitrogen and oxygen atoms in total.